The fourth-order valence-corrected chi connectivity index (χ4v) is 2.55. The molecule has 0 aromatic heterocycles. The van der Waals surface area contributed by atoms with Gasteiger partial charge in [-0.2, -0.15) is 0 Å². The van der Waals surface area contributed by atoms with Crippen molar-refractivity contribution in [1.82, 2.24) is 10.2 Å². The zero-order valence-corrected chi connectivity index (χ0v) is 11.4. The van der Waals surface area contributed by atoms with Gasteiger partial charge in [-0.15, -0.1) is 0 Å². The van der Waals surface area contributed by atoms with Crippen LogP contribution in [0.3, 0.4) is 0 Å². The van der Waals surface area contributed by atoms with E-state index >= 15 is 0 Å². The Morgan fingerprint density at radius 3 is 2.95 bits per heavy atom. The molecule has 0 saturated carbocycles. The SMILES string of the molecule is CCNC1CCCN(CCc2ccccc2F)C1=O. The smallest absolute Gasteiger partial charge is 0.239 e. The summed E-state index contributed by atoms with van der Waals surface area (Å²) in [5.41, 5.74) is 0.681. The molecule has 3 nitrogen and oxygen atoms in total. The van der Waals surface area contributed by atoms with E-state index in [9.17, 15) is 9.18 Å². The Morgan fingerprint density at radius 2 is 2.21 bits per heavy atom. The molecule has 1 aliphatic heterocycles. The van der Waals surface area contributed by atoms with E-state index in [4.69, 9.17) is 0 Å². The maximum Gasteiger partial charge on any atom is 0.239 e. The van der Waals surface area contributed by atoms with Crippen molar-refractivity contribution in [2.24, 2.45) is 0 Å². The summed E-state index contributed by atoms with van der Waals surface area (Å²) in [7, 11) is 0. The number of piperidine rings is 1. The van der Waals surface area contributed by atoms with E-state index in [2.05, 4.69) is 5.32 Å². The number of carbonyl (C=O) groups excluding carboxylic acids is 1. The highest BCUT2D eigenvalue weighted by Crippen LogP contribution is 2.14. The highest BCUT2D eigenvalue weighted by atomic mass is 19.1. The van der Waals surface area contributed by atoms with Crippen molar-refractivity contribution in [3.63, 3.8) is 0 Å². The molecule has 0 aliphatic carbocycles. The second kappa shape index (κ2) is 6.66. The predicted molar refractivity (Wildman–Crippen MR) is 73.4 cm³/mol. The molecule has 4 heteroatoms. The van der Waals surface area contributed by atoms with Gasteiger partial charge >= 0.3 is 0 Å². The number of likely N-dealkylation sites (tertiary alicyclic amines) is 1. The Kier molecular flexibility index (Phi) is 4.91. The Morgan fingerprint density at radius 1 is 1.42 bits per heavy atom. The van der Waals surface area contributed by atoms with Gasteiger partial charge in [0.25, 0.3) is 0 Å². The number of amides is 1. The van der Waals surface area contributed by atoms with E-state index in [0.29, 0.717) is 18.5 Å². The average molecular weight is 264 g/mol. The minimum absolute atomic E-state index is 0.0561. The molecular weight excluding hydrogens is 243 g/mol. The van der Waals surface area contributed by atoms with Crippen molar-refractivity contribution >= 4 is 5.91 Å². The molecule has 1 atom stereocenters. The summed E-state index contributed by atoms with van der Waals surface area (Å²) in [5.74, 6) is -0.0281. The minimum atomic E-state index is -0.185. The lowest BCUT2D eigenvalue weighted by Crippen LogP contribution is -2.51. The number of nitrogens with one attached hydrogen (secondary N) is 1. The number of hydrogen-bond donors (Lipinski definition) is 1. The average Bonchev–Trinajstić information content (AvgIpc) is 2.42. The quantitative estimate of drug-likeness (QED) is 0.882. The van der Waals surface area contributed by atoms with E-state index in [0.717, 1.165) is 25.9 Å². The number of benzene rings is 1. The third-order valence-electron chi connectivity index (χ3n) is 3.59. The van der Waals surface area contributed by atoms with E-state index in [1.807, 2.05) is 17.9 Å². The molecule has 1 N–H and O–H groups in total. The minimum Gasteiger partial charge on any atom is -0.341 e. The fourth-order valence-electron chi connectivity index (χ4n) is 2.55. The molecule has 1 amide bonds. The molecule has 1 aliphatic rings. The van der Waals surface area contributed by atoms with Crippen LogP contribution in [0, 0.1) is 5.82 Å². The number of hydrogen-bond acceptors (Lipinski definition) is 2. The Bertz CT molecular complexity index is 434. The van der Waals surface area contributed by atoms with Gasteiger partial charge in [0.15, 0.2) is 0 Å². The van der Waals surface area contributed by atoms with Gasteiger partial charge in [0, 0.05) is 13.1 Å². The van der Waals surface area contributed by atoms with Gasteiger partial charge in [0.2, 0.25) is 5.91 Å². The Hall–Kier alpha value is -1.42. The van der Waals surface area contributed by atoms with Crippen LogP contribution < -0.4 is 5.32 Å². The summed E-state index contributed by atoms with van der Waals surface area (Å²) in [6, 6.07) is 6.71. The maximum absolute atomic E-state index is 13.5. The summed E-state index contributed by atoms with van der Waals surface area (Å²) in [5, 5.41) is 3.21. The third kappa shape index (κ3) is 3.53. The summed E-state index contributed by atoms with van der Waals surface area (Å²) in [6.45, 7) is 4.19. The number of rotatable bonds is 5. The predicted octanol–water partition coefficient (Wildman–Crippen LogP) is 1.97. The molecule has 2 rings (SSSR count). The van der Waals surface area contributed by atoms with Crippen molar-refractivity contribution < 1.29 is 9.18 Å². The first-order valence-corrected chi connectivity index (χ1v) is 6.98. The van der Waals surface area contributed by atoms with Crippen LogP contribution in [0.4, 0.5) is 4.39 Å². The van der Waals surface area contributed by atoms with Crippen LogP contribution in [0.25, 0.3) is 0 Å². The van der Waals surface area contributed by atoms with Gasteiger partial charge in [0.05, 0.1) is 6.04 Å². The lowest BCUT2D eigenvalue weighted by Gasteiger charge is -2.32. The summed E-state index contributed by atoms with van der Waals surface area (Å²) in [6.07, 6.45) is 2.50. The lowest BCUT2D eigenvalue weighted by atomic mass is 10.0. The molecule has 0 bridgehead atoms. The Labute approximate surface area is 113 Å². The second-order valence-electron chi connectivity index (χ2n) is 4.92. The first-order chi connectivity index (χ1) is 9.22. The van der Waals surface area contributed by atoms with E-state index in [1.165, 1.54) is 6.07 Å². The van der Waals surface area contributed by atoms with Gasteiger partial charge < -0.3 is 10.2 Å². The largest absolute Gasteiger partial charge is 0.341 e. The second-order valence-corrected chi connectivity index (χ2v) is 4.92. The van der Waals surface area contributed by atoms with Crippen LogP contribution in [0.5, 0.6) is 0 Å². The molecule has 0 radical (unpaired) electrons. The lowest BCUT2D eigenvalue weighted by molar-refractivity contribution is -0.135. The van der Waals surface area contributed by atoms with Gasteiger partial charge in [0.1, 0.15) is 5.82 Å². The number of carbonyl (C=O) groups is 1. The number of halogens is 1. The van der Waals surface area contributed by atoms with Crippen molar-refractivity contribution in [2.75, 3.05) is 19.6 Å². The van der Waals surface area contributed by atoms with Crippen molar-refractivity contribution in [3.8, 4) is 0 Å². The molecule has 1 fully saturated rings. The molecule has 1 heterocycles. The molecule has 1 saturated heterocycles. The van der Waals surface area contributed by atoms with Crippen LogP contribution in [-0.2, 0) is 11.2 Å². The maximum atomic E-state index is 13.5. The summed E-state index contributed by atoms with van der Waals surface area (Å²) < 4.78 is 13.5. The highest BCUT2D eigenvalue weighted by Gasteiger charge is 2.27. The molecular formula is C15H21FN2O. The van der Waals surface area contributed by atoms with E-state index < -0.39 is 0 Å². The van der Waals surface area contributed by atoms with Gasteiger partial charge in [-0.05, 0) is 37.4 Å². The molecule has 0 spiro atoms. The number of likely N-dealkylation sites (N-methyl/N-ethyl adjacent to an activating group) is 1. The van der Waals surface area contributed by atoms with Gasteiger partial charge in [-0.3, -0.25) is 4.79 Å². The first-order valence-electron chi connectivity index (χ1n) is 6.98. The van der Waals surface area contributed by atoms with Crippen molar-refractivity contribution in [2.45, 2.75) is 32.2 Å². The van der Waals surface area contributed by atoms with Gasteiger partial charge in [-0.1, -0.05) is 25.1 Å². The van der Waals surface area contributed by atoms with Crippen molar-refractivity contribution in [3.05, 3.63) is 35.6 Å². The Balaban J connectivity index is 1.92. The van der Waals surface area contributed by atoms with Crippen LogP contribution in [-0.4, -0.2) is 36.5 Å². The molecule has 1 aromatic rings. The van der Waals surface area contributed by atoms with Crippen LogP contribution in [0.2, 0.25) is 0 Å². The first kappa shape index (κ1) is 14.0. The summed E-state index contributed by atoms with van der Waals surface area (Å²) >= 11 is 0. The summed E-state index contributed by atoms with van der Waals surface area (Å²) in [4.78, 5) is 14.0. The normalized spacial score (nSPS) is 19.8. The zero-order valence-electron chi connectivity index (χ0n) is 11.4. The van der Waals surface area contributed by atoms with Crippen LogP contribution in [0.15, 0.2) is 24.3 Å². The van der Waals surface area contributed by atoms with Crippen molar-refractivity contribution in [1.29, 1.82) is 0 Å². The van der Waals surface area contributed by atoms with Gasteiger partial charge in [-0.25, -0.2) is 4.39 Å². The fraction of sp³-hybridized carbons (Fsp3) is 0.533. The molecule has 1 aromatic carbocycles. The standard InChI is InChI=1S/C15H21FN2O/c1-2-17-14-8-5-10-18(15(14)19)11-9-12-6-3-4-7-13(12)16/h3-4,6-7,14,17H,2,5,8-11H2,1H3. The van der Waals surface area contributed by atoms with Crippen LogP contribution in [0.1, 0.15) is 25.3 Å². The molecule has 1 unspecified atom stereocenters. The highest BCUT2D eigenvalue weighted by molar-refractivity contribution is 5.82. The zero-order chi connectivity index (χ0) is 13.7. The topological polar surface area (TPSA) is 32.3 Å². The number of nitrogens with zero attached hydrogens (tertiary/aromatic N) is 1. The third-order valence-corrected chi connectivity index (χ3v) is 3.59. The monoisotopic (exact) mass is 264 g/mol. The van der Waals surface area contributed by atoms with E-state index in [1.54, 1.807) is 12.1 Å². The molecule has 19 heavy (non-hydrogen) atoms. The van der Waals surface area contributed by atoms with E-state index in [-0.39, 0.29) is 17.8 Å². The van der Waals surface area contributed by atoms with Crippen LogP contribution >= 0.6 is 0 Å². The molecule has 104 valence electrons.